The van der Waals surface area contributed by atoms with E-state index in [1.807, 2.05) is 28.8 Å². The first kappa shape index (κ1) is 14.5. The number of thiophene rings is 1. The number of hydrogen-bond acceptors (Lipinski definition) is 4. The predicted octanol–water partition coefficient (Wildman–Crippen LogP) is 4.06. The molecule has 3 nitrogen and oxygen atoms in total. The van der Waals surface area contributed by atoms with Gasteiger partial charge in [-0.15, -0.1) is 11.3 Å². The molecule has 0 spiro atoms. The van der Waals surface area contributed by atoms with Crippen LogP contribution in [0.25, 0.3) is 6.08 Å². The van der Waals surface area contributed by atoms with Crippen molar-refractivity contribution in [1.82, 2.24) is 4.90 Å². The van der Waals surface area contributed by atoms with Gasteiger partial charge in [-0.1, -0.05) is 6.07 Å². The molecule has 0 saturated carbocycles. The minimum atomic E-state index is 0.0684. The number of amides is 1. The van der Waals surface area contributed by atoms with Gasteiger partial charge in [0.05, 0.1) is 6.26 Å². The number of carbonyl (C=O) groups excluding carboxylic acids is 1. The van der Waals surface area contributed by atoms with Crippen molar-refractivity contribution >= 4 is 35.1 Å². The number of rotatable bonds is 3. The van der Waals surface area contributed by atoms with Crippen LogP contribution in [0.3, 0.4) is 0 Å². The van der Waals surface area contributed by atoms with Gasteiger partial charge in [0.15, 0.2) is 0 Å². The Morgan fingerprint density at radius 1 is 1.33 bits per heavy atom. The van der Waals surface area contributed by atoms with E-state index < -0.39 is 0 Å². The maximum absolute atomic E-state index is 12.2. The molecule has 3 rings (SSSR count). The van der Waals surface area contributed by atoms with Crippen LogP contribution in [0.2, 0.25) is 0 Å². The van der Waals surface area contributed by atoms with Crippen LogP contribution in [0.4, 0.5) is 0 Å². The van der Waals surface area contributed by atoms with Gasteiger partial charge >= 0.3 is 0 Å². The summed E-state index contributed by atoms with van der Waals surface area (Å²) in [5, 5.41) is 2.65. The summed E-state index contributed by atoms with van der Waals surface area (Å²) in [6.07, 6.45) is 5.97. The molecule has 0 bridgehead atoms. The lowest BCUT2D eigenvalue weighted by molar-refractivity contribution is -0.125. The lowest BCUT2D eigenvalue weighted by Crippen LogP contribution is -2.31. The first-order valence-corrected chi connectivity index (χ1v) is 8.91. The Morgan fingerprint density at radius 3 is 3.05 bits per heavy atom. The third kappa shape index (κ3) is 3.80. The van der Waals surface area contributed by atoms with Crippen molar-refractivity contribution in [2.45, 2.75) is 11.7 Å². The van der Waals surface area contributed by atoms with E-state index in [1.165, 1.54) is 4.88 Å². The number of thioether (sulfide) groups is 1. The summed E-state index contributed by atoms with van der Waals surface area (Å²) in [4.78, 5) is 15.6. The molecule has 110 valence electrons. The first-order valence-electron chi connectivity index (χ1n) is 6.98. The molecule has 2 aromatic rings. The highest BCUT2D eigenvalue weighted by molar-refractivity contribution is 7.99. The first-order chi connectivity index (χ1) is 10.3. The lowest BCUT2D eigenvalue weighted by Gasteiger charge is -2.18. The minimum Gasteiger partial charge on any atom is -0.465 e. The van der Waals surface area contributed by atoms with Crippen molar-refractivity contribution in [3.63, 3.8) is 0 Å². The summed E-state index contributed by atoms with van der Waals surface area (Å²) in [6, 6.07) is 7.95. The van der Waals surface area contributed by atoms with Gasteiger partial charge in [0.25, 0.3) is 0 Å². The molecule has 1 fully saturated rings. The maximum atomic E-state index is 12.2. The third-order valence-corrected chi connectivity index (χ3v) is 5.89. The summed E-state index contributed by atoms with van der Waals surface area (Å²) < 4.78 is 5.20. The summed E-state index contributed by atoms with van der Waals surface area (Å²) >= 11 is 3.76. The van der Waals surface area contributed by atoms with E-state index in [2.05, 4.69) is 17.5 Å². The predicted molar refractivity (Wildman–Crippen MR) is 88.5 cm³/mol. The Kier molecular flexibility index (Phi) is 4.83. The summed E-state index contributed by atoms with van der Waals surface area (Å²) in [5.74, 6) is 1.77. The van der Waals surface area contributed by atoms with E-state index in [0.717, 1.165) is 25.3 Å². The molecule has 5 heteroatoms. The molecule has 1 saturated heterocycles. The largest absolute Gasteiger partial charge is 0.465 e. The zero-order valence-corrected chi connectivity index (χ0v) is 13.2. The normalized spacial score (nSPS) is 19.8. The van der Waals surface area contributed by atoms with Gasteiger partial charge in [-0.05, 0) is 36.1 Å². The van der Waals surface area contributed by atoms with Gasteiger partial charge in [0.1, 0.15) is 5.76 Å². The zero-order valence-electron chi connectivity index (χ0n) is 11.6. The fourth-order valence-electron chi connectivity index (χ4n) is 2.34. The van der Waals surface area contributed by atoms with Crippen molar-refractivity contribution in [1.29, 1.82) is 0 Å². The molecule has 0 aromatic carbocycles. The molecule has 2 aromatic heterocycles. The molecule has 0 aliphatic carbocycles. The molecule has 21 heavy (non-hydrogen) atoms. The van der Waals surface area contributed by atoms with E-state index in [9.17, 15) is 4.79 Å². The van der Waals surface area contributed by atoms with Crippen LogP contribution in [-0.2, 0) is 4.79 Å². The SMILES string of the molecule is O=C(/C=C/c1ccco1)N1CCS[C@H](c2cccs2)CC1. The van der Waals surface area contributed by atoms with Crippen LogP contribution in [0.1, 0.15) is 22.3 Å². The van der Waals surface area contributed by atoms with Gasteiger partial charge in [-0.25, -0.2) is 0 Å². The summed E-state index contributed by atoms with van der Waals surface area (Å²) in [5.41, 5.74) is 0. The molecule has 0 N–H and O–H groups in total. The Hall–Kier alpha value is -1.46. The summed E-state index contributed by atoms with van der Waals surface area (Å²) in [7, 11) is 0. The Balaban J connectivity index is 1.58. The van der Waals surface area contributed by atoms with Crippen LogP contribution >= 0.6 is 23.1 Å². The quantitative estimate of drug-likeness (QED) is 0.800. The second kappa shape index (κ2) is 7.00. The van der Waals surface area contributed by atoms with Gasteiger partial charge in [-0.3, -0.25) is 4.79 Å². The molecule has 0 radical (unpaired) electrons. The number of carbonyl (C=O) groups is 1. The smallest absolute Gasteiger partial charge is 0.246 e. The average Bonchev–Trinajstić information content (AvgIpc) is 3.15. The fourth-order valence-corrected chi connectivity index (χ4v) is 4.57. The maximum Gasteiger partial charge on any atom is 0.246 e. The number of hydrogen-bond donors (Lipinski definition) is 0. The van der Waals surface area contributed by atoms with Crippen LogP contribution < -0.4 is 0 Å². The molecule has 0 unspecified atom stereocenters. The zero-order chi connectivity index (χ0) is 14.5. The molecular formula is C16H17NO2S2. The molecule has 3 heterocycles. The lowest BCUT2D eigenvalue weighted by atomic mass is 10.2. The Labute approximate surface area is 132 Å². The summed E-state index contributed by atoms with van der Waals surface area (Å²) in [6.45, 7) is 1.63. The van der Waals surface area contributed by atoms with E-state index in [0.29, 0.717) is 11.0 Å². The topological polar surface area (TPSA) is 33.5 Å². The molecular weight excluding hydrogens is 302 g/mol. The highest BCUT2D eigenvalue weighted by atomic mass is 32.2. The monoisotopic (exact) mass is 319 g/mol. The van der Waals surface area contributed by atoms with E-state index in [1.54, 1.807) is 29.8 Å². The second-order valence-corrected chi connectivity index (χ2v) is 7.13. The second-order valence-electron chi connectivity index (χ2n) is 4.84. The fraction of sp³-hybridized carbons (Fsp3) is 0.312. The van der Waals surface area contributed by atoms with Crippen molar-refractivity contribution in [2.24, 2.45) is 0 Å². The van der Waals surface area contributed by atoms with Crippen LogP contribution in [0.5, 0.6) is 0 Å². The molecule has 1 aliphatic rings. The number of nitrogens with zero attached hydrogens (tertiary/aromatic N) is 1. The molecule has 1 atom stereocenters. The van der Waals surface area contributed by atoms with E-state index in [4.69, 9.17) is 4.42 Å². The van der Waals surface area contributed by atoms with Gasteiger partial charge < -0.3 is 9.32 Å². The van der Waals surface area contributed by atoms with E-state index in [-0.39, 0.29) is 5.91 Å². The standard InChI is InChI=1S/C16H17NO2S2/c18-16(6-5-13-3-1-10-19-13)17-8-7-15(21-12-9-17)14-4-2-11-20-14/h1-6,10-11,15H,7-9,12H2/b6-5+/t15-/m0/s1. The average molecular weight is 319 g/mol. The van der Waals surface area contributed by atoms with Crippen molar-refractivity contribution in [3.05, 3.63) is 52.6 Å². The Morgan fingerprint density at radius 2 is 2.29 bits per heavy atom. The molecule has 1 amide bonds. The molecule has 1 aliphatic heterocycles. The highest BCUT2D eigenvalue weighted by Crippen LogP contribution is 2.36. The van der Waals surface area contributed by atoms with E-state index >= 15 is 0 Å². The minimum absolute atomic E-state index is 0.0684. The highest BCUT2D eigenvalue weighted by Gasteiger charge is 2.21. The van der Waals surface area contributed by atoms with Gasteiger partial charge in [0, 0.05) is 35.0 Å². The third-order valence-electron chi connectivity index (χ3n) is 3.45. The van der Waals surface area contributed by atoms with Crippen molar-refractivity contribution < 1.29 is 9.21 Å². The van der Waals surface area contributed by atoms with Gasteiger partial charge in [0.2, 0.25) is 5.91 Å². The van der Waals surface area contributed by atoms with Crippen LogP contribution in [0.15, 0.2) is 46.4 Å². The van der Waals surface area contributed by atoms with Crippen LogP contribution in [-0.4, -0.2) is 29.6 Å². The number of furan rings is 1. The van der Waals surface area contributed by atoms with Crippen molar-refractivity contribution in [2.75, 3.05) is 18.8 Å². The Bertz CT molecular complexity index is 590. The van der Waals surface area contributed by atoms with Gasteiger partial charge in [-0.2, -0.15) is 11.8 Å². The van der Waals surface area contributed by atoms with Crippen molar-refractivity contribution in [3.8, 4) is 0 Å². The van der Waals surface area contributed by atoms with Crippen LogP contribution in [0, 0.1) is 0 Å².